The van der Waals surface area contributed by atoms with Crippen LogP contribution in [0, 0.1) is 6.92 Å². The van der Waals surface area contributed by atoms with Gasteiger partial charge in [-0.3, -0.25) is 4.79 Å². The first-order valence-corrected chi connectivity index (χ1v) is 7.88. The fourth-order valence-electron chi connectivity index (χ4n) is 1.54. The molecule has 0 N–H and O–H groups in total. The van der Waals surface area contributed by atoms with Crippen LogP contribution >= 0.6 is 15.9 Å². The largest absolute Gasteiger partial charge is 0.379 e. The third kappa shape index (κ3) is 3.26. The van der Waals surface area contributed by atoms with Crippen molar-refractivity contribution in [2.24, 2.45) is 0 Å². The number of hydrogen-bond donors (Lipinski definition) is 0. The summed E-state index contributed by atoms with van der Waals surface area (Å²) in [4.78, 5) is 10.9. The molecule has 0 atom stereocenters. The van der Waals surface area contributed by atoms with Crippen LogP contribution in [0.1, 0.15) is 15.9 Å². The standard InChI is InChI=1S/C14H11BrO4S/c1-10-2-5-13(6-3-10)20(17,18)19-12-4-7-14(15)11(8-12)9-16/h2-9H,1H3. The second kappa shape index (κ2) is 5.76. The smallest absolute Gasteiger partial charge is 0.339 e. The molecule has 0 aliphatic heterocycles. The summed E-state index contributed by atoms with van der Waals surface area (Å²) in [5.74, 6) is 0.0934. The Hall–Kier alpha value is -1.66. The van der Waals surface area contributed by atoms with E-state index in [1.165, 1.54) is 24.3 Å². The van der Waals surface area contributed by atoms with Crippen molar-refractivity contribution in [3.63, 3.8) is 0 Å². The van der Waals surface area contributed by atoms with Crippen LogP contribution in [0.3, 0.4) is 0 Å². The molecule has 20 heavy (non-hydrogen) atoms. The predicted molar refractivity (Wildman–Crippen MR) is 78.5 cm³/mol. The van der Waals surface area contributed by atoms with E-state index in [0.717, 1.165) is 5.56 Å². The zero-order valence-corrected chi connectivity index (χ0v) is 12.9. The lowest BCUT2D eigenvalue weighted by Crippen LogP contribution is -2.09. The van der Waals surface area contributed by atoms with Crippen molar-refractivity contribution in [1.82, 2.24) is 0 Å². The molecule has 4 nitrogen and oxygen atoms in total. The van der Waals surface area contributed by atoms with E-state index in [9.17, 15) is 13.2 Å². The van der Waals surface area contributed by atoms with Gasteiger partial charge in [-0.05, 0) is 37.3 Å². The molecule has 0 aliphatic rings. The Morgan fingerprint density at radius 2 is 1.75 bits per heavy atom. The maximum Gasteiger partial charge on any atom is 0.339 e. The molecule has 0 saturated carbocycles. The van der Waals surface area contributed by atoms with Crippen molar-refractivity contribution < 1.29 is 17.4 Å². The summed E-state index contributed by atoms with van der Waals surface area (Å²) in [5, 5.41) is 0. The van der Waals surface area contributed by atoms with E-state index in [-0.39, 0.29) is 10.6 Å². The number of carbonyl (C=O) groups is 1. The van der Waals surface area contributed by atoms with Crippen LogP contribution in [-0.4, -0.2) is 14.7 Å². The highest BCUT2D eigenvalue weighted by Crippen LogP contribution is 2.24. The molecule has 0 saturated heterocycles. The number of hydrogen-bond acceptors (Lipinski definition) is 4. The zero-order valence-electron chi connectivity index (χ0n) is 10.5. The minimum atomic E-state index is -3.90. The van der Waals surface area contributed by atoms with Gasteiger partial charge in [0.15, 0.2) is 6.29 Å². The van der Waals surface area contributed by atoms with Gasteiger partial charge in [0.2, 0.25) is 0 Å². The van der Waals surface area contributed by atoms with Crippen molar-refractivity contribution >= 4 is 32.3 Å². The lowest BCUT2D eigenvalue weighted by molar-refractivity contribution is 0.112. The van der Waals surface area contributed by atoms with Crippen LogP contribution in [0.25, 0.3) is 0 Å². The van der Waals surface area contributed by atoms with Gasteiger partial charge in [0.1, 0.15) is 10.6 Å². The Morgan fingerprint density at radius 3 is 2.35 bits per heavy atom. The molecule has 0 spiro atoms. The van der Waals surface area contributed by atoms with Gasteiger partial charge < -0.3 is 4.18 Å². The lowest BCUT2D eigenvalue weighted by atomic mass is 10.2. The fourth-order valence-corrected chi connectivity index (χ4v) is 2.81. The summed E-state index contributed by atoms with van der Waals surface area (Å²) in [7, 11) is -3.90. The van der Waals surface area contributed by atoms with Gasteiger partial charge in [-0.15, -0.1) is 0 Å². The van der Waals surface area contributed by atoms with E-state index in [1.807, 2.05) is 6.92 Å². The monoisotopic (exact) mass is 354 g/mol. The molecule has 0 heterocycles. The van der Waals surface area contributed by atoms with E-state index in [2.05, 4.69) is 15.9 Å². The molecule has 0 radical (unpaired) electrons. The summed E-state index contributed by atoms with van der Waals surface area (Å²) < 4.78 is 29.7. The summed E-state index contributed by atoms with van der Waals surface area (Å²) in [5.41, 5.74) is 1.28. The molecule has 6 heteroatoms. The van der Waals surface area contributed by atoms with Crippen molar-refractivity contribution in [1.29, 1.82) is 0 Å². The number of rotatable bonds is 4. The molecule has 2 aromatic rings. The summed E-state index contributed by atoms with van der Waals surface area (Å²) >= 11 is 3.19. The van der Waals surface area contributed by atoms with Gasteiger partial charge in [-0.1, -0.05) is 33.6 Å². The Labute approximate surface area is 125 Å². The second-order valence-corrected chi connectivity index (χ2v) is 6.55. The summed E-state index contributed by atoms with van der Waals surface area (Å²) in [6.07, 6.45) is 0.620. The Morgan fingerprint density at radius 1 is 1.10 bits per heavy atom. The molecule has 2 aromatic carbocycles. The molecule has 0 bridgehead atoms. The van der Waals surface area contributed by atoms with Crippen LogP contribution in [0.4, 0.5) is 0 Å². The fraction of sp³-hybridized carbons (Fsp3) is 0.0714. The van der Waals surface area contributed by atoms with Gasteiger partial charge in [0.05, 0.1) is 0 Å². The topological polar surface area (TPSA) is 60.4 Å². The highest BCUT2D eigenvalue weighted by molar-refractivity contribution is 9.10. The Kier molecular flexibility index (Phi) is 4.25. The highest BCUT2D eigenvalue weighted by Gasteiger charge is 2.16. The molecule has 2 rings (SSSR count). The number of halogens is 1. The van der Waals surface area contributed by atoms with Gasteiger partial charge >= 0.3 is 10.1 Å². The zero-order chi connectivity index (χ0) is 14.8. The van der Waals surface area contributed by atoms with Gasteiger partial charge in [0, 0.05) is 10.0 Å². The SMILES string of the molecule is Cc1ccc(S(=O)(=O)Oc2ccc(Br)c(C=O)c2)cc1. The number of carbonyl (C=O) groups excluding carboxylic acids is 1. The second-order valence-electron chi connectivity index (χ2n) is 4.15. The van der Waals surface area contributed by atoms with Gasteiger partial charge in [-0.2, -0.15) is 8.42 Å². The average molecular weight is 355 g/mol. The minimum Gasteiger partial charge on any atom is -0.379 e. The summed E-state index contributed by atoms with van der Waals surface area (Å²) in [6.45, 7) is 1.86. The van der Waals surface area contributed by atoms with E-state index < -0.39 is 10.1 Å². The molecule has 0 fully saturated rings. The minimum absolute atomic E-state index is 0.0682. The molecule has 0 amide bonds. The first-order chi connectivity index (χ1) is 9.42. The molecule has 0 aromatic heterocycles. The van der Waals surface area contributed by atoms with Crippen LogP contribution in [0.2, 0.25) is 0 Å². The van der Waals surface area contributed by atoms with Crippen molar-refractivity contribution in [2.75, 3.05) is 0 Å². The van der Waals surface area contributed by atoms with E-state index >= 15 is 0 Å². The van der Waals surface area contributed by atoms with Gasteiger partial charge in [0.25, 0.3) is 0 Å². The molecular weight excluding hydrogens is 344 g/mol. The Bertz CT molecular complexity index is 736. The number of benzene rings is 2. The predicted octanol–water partition coefficient (Wildman–Crippen LogP) is 3.34. The average Bonchev–Trinajstić information content (AvgIpc) is 2.41. The van der Waals surface area contributed by atoms with Crippen LogP contribution in [0.5, 0.6) is 5.75 Å². The van der Waals surface area contributed by atoms with Crippen LogP contribution < -0.4 is 4.18 Å². The number of aldehydes is 1. The lowest BCUT2D eigenvalue weighted by Gasteiger charge is -2.08. The van der Waals surface area contributed by atoms with Crippen molar-refractivity contribution in [3.8, 4) is 5.75 Å². The maximum atomic E-state index is 12.1. The van der Waals surface area contributed by atoms with Crippen molar-refractivity contribution in [3.05, 3.63) is 58.1 Å². The third-order valence-electron chi connectivity index (χ3n) is 2.61. The highest BCUT2D eigenvalue weighted by atomic mass is 79.9. The van der Waals surface area contributed by atoms with E-state index in [4.69, 9.17) is 4.18 Å². The molecular formula is C14H11BrO4S. The van der Waals surface area contributed by atoms with E-state index in [0.29, 0.717) is 16.3 Å². The van der Waals surface area contributed by atoms with Crippen LogP contribution in [-0.2, 0) is 10.1 Å². The first kappa shape index (κ1) is 14.7. The number of aryl methyl sites for hydroxylation is 1. The molecule has 0 unspecified atom stereocenters. The van der Waals surface area contributed by atoms with Crippen LogP contribution in [0.15, 0.2) is 51.8 Å². The molecule has 104 valence electrons. The normalized spacial score (nSPS) is 11.1. The maximum absolute atomic E-state index is 12.1. The Balaban J connectivity index is 2.33. The van der Waals surface area contributed by atoms with Gasteiger partial charge in [-0.25, -0.2) is 0 Å². The quantitative estimate of drug-likeness (QED) is 0.624. The van der Waals surface area contributed by atoms with Crippen molar-refractivity contribution in [2.45, 2.75) is 11.8 Å². The molecule has 0 aliphatic carbocycles. The van der Waals surface area contributed by atoms with E-state index in [1.54, 1.807) is 18.2 Å². The summed E-state index contributed by atoms with van der Waals surface area (Å²) in [6, 6.07) is 10.7. The first-order valence-electron chi connectivity index (χ1n) is 5.68. The third-order valence-corrected chi connectivity index (χ3v) is 4.59.